The van der Waals surface area contributed by atoms with Crippen LogP contribution >= 0.6 is 0 Å². The van der Waals surface area contributed by atoms with Crippen LogP contribution in [0.15, 0.2) is 36.4 Å². The van der Waals surface area contributed by atoms with Gasteiger partial charge in [-0.15, -0.1) is 0 Å². The summed E-state index contributed by atoms with van der Waals surface area (Å²) in [5.41, 5.74) is 3.37. The van der Waals surface area contributed by atoms with E-state index < -0.39 is 0 Å². The van der Waals surface area contributed by atoms with E-state index in [1.807, 2.05) is 24.3 Å². The van der Waals surface area contributed by atoms with E-state index in [4.69, 9.17) is 14.2 Å². The Hall–Kier alpha value is -2.53. The Morgan fingerprint density at radius 1 is 1.00 bits per heavy atom. The van der Waals surface area contributed by atoms with Crippen molar-refractivity contribution >= 4 is 6.29 Å². The van der Waals surface area contributed by atoms with Crippen LogP contribution in [0.1, 0.15) is 55.2 Å². The van der Waals surface area contributed by atoms with Gasteiger partial charge in [0.15, 0.2) is 11.5 Å². The van der Waals surface area contributed by atoms with Crippen molar-refractivity contribution in [3.63, 3.8) is 0 Å². The lowest BCUT2D eigenvalue weighted by Gasteiger charge is -2.23. The highest BCUT2D eigenvalue weighted by Gasteiger charge is 2.23. The minimum Gasteiger partial charge on any atom is -0.497 e. The van der Waals surface area contributed by atoms with Crippen molar-refractivity contribution in [2.24, 2.45) is 0 Å². The van der Waals surface area contributed by atoms with E-state index in [1.165, 1.54) is 5.56 Å². The van der Waals surface area contributed by atoms with Crippen LogP contribution in [0.3, 0.4) is 0 Å². The van der Waals surface area contributed by atoms with Gasteiger partial charge in [0, 0.05) is 18.0 Å². The third kappa shape index (κ3) is 6.73. The molecule has 0 aliphatic carbocycles. The van der Waals surface area contributed by atoms with Gasteiger partial charge in [0.05, 0.1) is 21.3 Å². The zero-order chi connectivity index (χ0) is 22.8. The summed E-state index contributed by atoms with van der Waals surface area (Å²) in [7, 11) is 7.12. The van der Waals surface area contributed by atoms with Crippen LogP contribution in [0.25, 0.3) is 0 Å². The molecule has 5 heteroatoms. The van der Waals surface area contributed by atoms with Crippen LogP contribution in [0, 0.1) is 0 Å². The highest BCUT2D eigenvalue weighted by molar-refractivity contribution is 5.66. The van der Waals surface area contributed by atoms with E-state index in [2.05, 4.69) is 37.9 Å². The van der Waals surface area contributed by atoms with Gasteiger partial charge >= 0.3 is 0 Å². The first kappa shape index (κ1) is 24.7. The van der Waals surface area contributed by atoms with Gasteiger partial charge in [0.1, 0.15) is 12.0 Å². The van der Waals surface area contributed by atoms with E-state index in [9.17, 15) is 4.79 Å². The van der Waals surface area contributed by atoms with Crippen molar-refractivity contribution in [3.8, 4) is 17.2 Å². The summed E-state index contributed by atoms with van der Waals surface area (Å²) < 4.78 is 16.4. The largest absolute Gasteiger partial charge is 0.497 e. The summed E-state index contributed by atoms with van der Waals surface area (Å²) in [5, 5.41) is 0. The number of ether oxygens (including phenoxy) is 3. The Kier molecular flexibility index (Phi) is 9.86. The Bertz CT molecular complexity index is 834. The van der Waals surface area contributed by atoms with Crippen molar-refractivity contribution in [1.82, 2.24) is 4.90 Å². The minimum absolute atomic E-state index is 0.149. The minimum atomic E-state index is -0.149. The summed E-state index contributed by atoms with van der Waals surface area (Å²) in [6, 6.07) is 12.1. The first-order valence-electron chi connectivity index (χ1n) is 11.0. The van der Waals surface area contributed by atoms with Crippen molar-refractivity contribution in [2.75, 3.05) is 41.5 Å². The third-order valence-electron chi connectivity index (χ3n) is 5.73. The van der Waals surface area contributed by atoms with Crippen LogP contribution in [0.5, 0.6) is 17.2 Å². The van der Waals surface area contributed by atoms with E-state index in [0.717, 1.165) is 61.3 Å². The molecule has 0 N–H and O–H groups in total. The molecule has 0 spiro atoms. The number of carbonyl (C=O) groups is 1. The summed E-state index contributed by atoms with van der Waals surface area (Å²) in [4.78, 5) is 14.3. The molecule has 0 aromatic heterocycles. The average molecular weight is 428 g/mol. The van der Waals surface area contributed by atoms with Crippen molar-refractivity contribution < 1.29 is 19.0 Å². The van der Waals surface area contributed by atoms with Crippen molar-refractivity contribution in [2.45, 2.75) is 44.9 Å². The Balaban J connectivity index is 1.98. The Morgan fingerprint density at radius 2 is 1.77 bits per heavy atom. The Morgan fingerprint density at radius 3 is 2.39 bits per heavy atom. The Labute approximate surface area is 187 Å². The van der Waals surface area contributed by atoms with Gasteiger partial charge in [0.2, 0.25) is 0 Å². The standard InChI is InChI=1S/C26H37NO4/c1-19(2)25-23(12-13-24(30-5)26(25)31-6)21(18-28)10-8-15-27(3)16-14-20-9-7-11-22(17-20)29-4/h7,9,11-13,17-19,21H,8,10,14-16H2,1-6H3/t21-/m0/s1. The summed E-state index contributed by atoms with van der Waals surface area (Å²) in [5.74, 6) is 2.41. The molecule has 0 aliphatic rings. The molecule has 0 saturated heterocycles. The van der Waals surface area contributed by atoms with Gasteiger partial charge < -0.3 is 23.9 Å². The van der Waals surface area contributed by atoms with Crippen LogP contribution in [0.2, 0.25) is 0 Å². The molecule has 0 unspecified atom stereocenters. The van der Waals surface area contributed by atoms with E-state index >= 15 is 0 Å². The number of nitrogens with zero attached hydrogens (tertiary/aromatic N) is 1. The molecule has 0 radical (unpaired) electrons. The first-order valence-corrected chi connectivity index (χ1v) is 11.0. The normalized spacial score (nSPS) is 12.1. The molecule has 2 rings (SSSR count). The van der Waals surface area contributed by atoms with Gasteiger partial charge in [-0.1, -0.05) is 32.0 Å². The number of likely N-dealkylation sites (N-methyl/N-ethyl adjacent to an activating group) is 1. The topological polar surface area (TPSA) is 48.0 Å². The quantitative estimate of drug-likeness (QED) is 0.418. The number of hydrogen-bond acceptors (Lipinski definition) is 5. The highest BCUT2D eigenvalue weighted by atomic mass is 16.5. The number of carbonyl (C=O) groups excluding carboxylic acids is 1. The fourth-order valence-corrected chi connectivity index (χ4v) is 4.02. The van der Waals surface area contributed by atoms with Gasteiger partial charge in [-0.2, -0.15) is 0 Å². The van der Waals surface area contributed by atoms with Crippen molar-refractivity contribution in [3.05, 3.63) is 53.1 Å². The van der Waals surface area contributed by atoms with Crippen LogP contribution in [-0.2, 0) is 11.2 Å². The van der Waals surface area contributed by atoms with E-state index in [0.29, 0.717) is 5.75 Å². The van der Waals surface area contributed by atoms with Gasteiger partial charge in [-0.3, -0.25) is 0 Å². The fourth-order valence-electron chi connectivity index (χ4n) is 4.02. The molecule has 0 saturated carbocycles. The lowest BCUT2D eigenvalue weighted by atomic mass is 9.86. The highest BCUT2D eigenvalue weighted by Crippen LogP contribution is 2.41. The smallest absolute Gasteiger partial charge is 0.164 e. The number of benzene rings is 2. The maximum Gasteiger partial charge on any atom is 0.164 e. The second-order valence-corrected chi connectivity index (χ2v) is 8.25. The summed E-state index contributed by atoms with van der Waals surface area (Å²) in [6.07, 6.45) is 3.80. The van der Waals surface area contributed by atoms with Gasteiger partial charge in [-0.05, 0) is 68.1 Å². The lowest BCUT2D eigenvalue weighted by molar-refractivity contribution is -0.109. The molecular weight excluding hydrogens is 390 g/mol. The summed E-state index contributed by atoms with van der Waals surface area (Å²) in [6.45, 7) is 6.15. The number of rotatable bonds is 13. The second-order valence-electron chi connectivity index (χ2n) is 8.25. The van der Waals surface area contributed by atoms with Crippen molar-refractivity contribution in [1.29, 1.82) is 0 Å². The third-order valence-corrected chi connectivity index (χ3v) is 5.73. The summed E-state index contributed by atoms with van der Waals surface area (Å²) >= 11 is 0. The van der Waals surface area contributed by atoms with Crippen LogP contribution in [0.4, 0.5) is 0 Å². The monoisotopic (exact) mass is 427 g/mol. The molecule has 5 nitrogen and oxygen atoms in total. The molecule has 31 heavy (non-hydrogen) atoms. The average Bonchev–Trinajstić information content (AvgIpc) is 2.79. The van der Waals surface area contributed by atoms with Crippen LogP contribution in [-0.4, -0.2) is 52.7 Å². The second kappa shape index (κ2) is 12.4. The van der Waals surface area contributed by atoms with Crippen LogP contribution < -0.4 is 14.2 Å². The molecule has 0 aliphatic heterocycles. The molecular formula is C26H37NO4. The lowest BCUT2D eigenvalue weighted by Crippen LogP contribution is -2.23. The van der Waals surface area contributed by atoms with E-state index in [1.54, 1.807) is 21.3 Å². The maximum absolute atomic E-state index is 12.0. The molecule has 0 heterocycles. The molecule has 0 fully saturated rings. The molecule has 0 bridgehead atoms. The maximum atomic E-state index is 12.0. The first-order chi connectivity index (χ1) is 14.9. The van der Waals surface area contributed by atoms with Gasteiger partial charge in [-0.25, -0.2) is 0 Å². The number of aldehydes is 1. The fraction of sp³-hybridized carbons (Fsp3) is 0.500. The molecule has 1 atom stereocenters. The predicted molar refractivity (Wildman–Crippen MR) is 126 cm³/mol. The number of methoxy groups -OCH3 is 3. The zero-order valence-electron chi connectivity index (χ0n) is 19.8. The molecule has 2 aromatic rings. The zero-order valence-corrected chi connectivity index (χ0v) is 19.8. The molecule has 0 amide bonds. The predicted octanol–water partition coefficient (Wildman–Crippen LogP) is 5.07. The number of hydrogen-bond donors (Lipinski definition) is 0. The van der Waals surface area contributed by atoms with Gasteiger partial charge in [0.25, 0.3) is 0 Å². The molecule has 2 aromatic carbocycles. The van der Waals surface area contributed by atoms with E-state index in [-0.39, 0.29) is 11.8 Å². The molecule has 170 valence electrons. The SMILES string of the molecule is COc1cccc(CCN(C)CCC[C@@H](C=O)c2ccc(OC)c(OC)c2C(C)C)c1.